The zero-order valence-corrected chi connectivity index (χ0v) is 10.1. The molecule has 1 amide bonds. The van der Waals surface area contributed by atoms with Gasteiger partial charge in [-0.1, -0.05) is 0 Å². The van der Waals surface area contributed by atoms with Gasteiger partial charge in [0, 0.05) is 18.8 Å². The molecular formula is C12H18N2O3. The highest BCUT2D eigenvalue weighted by Crippen LogP contribution is 2.13. The summed E-state index contributed by atoms with van der Waals surface area (Å²) in [4.78, 5) is 15.9. The number of ether oxygens (including phenoxy) is 1. The van der Waals surface area contributed by atoms with Gasteiger partial charge in [0.25, 0.3) is 5.91 Å². The maximum Gasteiger partial charge on any atom is 0.256 e. The predicted octanol–water partition coefficient (Wildman–Crippen LogP) is 0.981. The number of aliphatic hydroxyl groups excluding tert-OH is 1. The van der Waals surface area contributed by atoms with Gasteiger partial charge in [0.15, 0.2) is 0 Å². The molecule has 0 fully saturated rings. The minimum absolute atomic E-state index is 0.0135. The Morgan fingerprint density at radius 3 is 3.06 bits per heavy atom. The predicted molar refractivity (Wildman–Crippen MR) is 64.0 cm³/mol. The average molecular weight is 238 g/mol. The second-order valence-corrected chi connectivity index (χ2v) is 3.80. The minimum Gasteiger partial charge on any atom is -0.480 e. The Bertz CT molecular complexity index is 369. The summed E-state index contributed by atoms with van der Waals surface area (Å²) in [5, 5.41) is 11.5. The first-order valence-electron chi connectivity index (χ1n) is 5.59. The summed E-state index contributed by atoms with van der Waals surface area (Å²) >= 11 is 0. The van der Waals surface area contributed by atoms with Crippen molar-refractivity contribution in [2.24, 2.45) is 0 Å². The Hall–Kier alpha value is -1.62. The molecule has 1 aromatic rings. The molecule has 94 valence electrons. The van der Waals surface area contributed by atoms with E-state index < -0.39 is 0 Å². The van der Waals surface area contributed by atoms with Crippen molar-refractivity contribution < 1.29 is 14.6 Å². The van der Waals surface area contributed by atoms with Gasteiger partial charge >= 0.3 is 0 Å². The zero-order chi connectivity index (χ0) is 12.7. The Morgan fingerprint density at radius 1 is 1.65 bits per heavy atom. The number of carbonyl (C=O) groups excluding carboxylic acids is 1. The van der Waals surface area contributed by atoms with E-state index in [9.17, 15) is 4.79 Å². The van der Waals surface area contributed by atoms with Gasteiger partial charge in [-0.05, 0) is 31.9 Å². The van der Waals surface area contributed by atoms with Crippen LogP contribution in [-0.4, -0.2) is 35.8 Å². The summed E-state index contributed by atoms with van der Waals surface area (Å²) < 4.78 is 5.02. The fourth-order valence-electron chi connectivity index (χ4n) is 1.50. The van der Waals surface area contributed by atoms with E-state index in [4.69, 9.17) is 9.84 Å². The molecule has 1 atom stereocenters. The van der Waals surface area contributed by atoms with Crippen LogP contribution in [0.4, 0.5) is 0 Å². The smallest absolute Gasteiger partial charge is 0.256 e. The Kier molecular flexibility index (Phi) is 5.42. The van der Waals surface area contributed by atoms with Gasteiger partial charge in [-0.25, -0.2) is 4.98 Å². The molecule has 5 nitrogen and oxygen atoms in total. The van der Waals surface area contributed by atoms with Crippen LogP contribution >= 0.6 is 0 Å². The zero-order valence-electron chi connectivity index (χ0n) is 10.1. The van der Waals surface area contributed by atoms with Gasteiger partial charge in [0.1, 0.15) is 5.56 Å². The number of methoxy groups -OCH3 is 1. The summed E-state index contributed by atoms with van der Waals surface area (Å²) in [6.07, 6.45) is 2.99. The summed E-state index contributed by atoms with van der Waals surface area (Å²) in [6, 6.07) is 3.37. The fourth-order valence-corrected chi connectivity index (χ4v) is 1.50. The number of rotatable bonds is 6. The maximum absolute atomic E-state index is 11.9. The molecular weight excluding hydrogens is 220 g/mol. The number of hydrogen-bond donors (Lipinski definition) is 2. The van der Waals surface area contributed by atoms with E-state index >= 15 is 0 Å². The third-order valence-electron chi connectivity index (χ3n) is 2.38. The van der Waals surface area contributed by atoms with Crippen LogP contribution in [0.1, 0.15) is 30.1 Å². The molecule has 0 radical (unpaired) electrons. The highest BCUT2D eigenvalue weighted by molar-refractivity contribution is 5.96. The van der Waals surface area contributed by atoms with Crippen LogP contribution in [0.3, 0.4) is 0 Å². The van der Waals surface area contributed by atoms with Crippen LogP contribution in [0.15, 0.2) is 18.3 Å². The van der Waals surface area contributed by atoms with E-state index in [-0.39, 0.29) is 18.6 Å². The van der Waals surface area contributed by atoms with Crippen LogP contribution < -0.4 is 10.1 Å². The van der Waals surface area contributed by atoms with Crippen molar-refractivity contribution in [1.29, 1.82) is 0 Å². The van der Waals surface area contributed by atoms with Crippen molar-refractivity contribution in [3.05, 3.63) is 23.9 Å². The fraction of sp³-hybridized carbons (Fsp3) is 0.500. The monoisotopic (exact) mass is 238 g/mol. The van der Waals surface area contributed by atoms with Crippen molar-refractivity contribution in [2.45, 2.75) is 25.8 Å². The molecule has 0 saturated carbocycles. The molecule has 5 heteroatoms. The molecule has 1 aromatic heterocycles. The third-order valence-corrected chi connectivity index (χ3v) is 2.38. The number of pyridine rings is 1. The first kappa shape index (κ1) is 13.4. The molecule has 0 bridgehead atoms. The SMILES string of the molecule is COc1ncccc1C(=O)NC(C)CCCO. The molecule has 0 aliphatic heterocycles. The van der Waals surface area contributed by atoms with Gasteiger partial charge in [-0.15, -0.1) is 0 Å². The van der Waals surface area contributed by atoms with Crippen molar-refractivity contribution in [2.75, 3.05) is 13.7 Å². The molecule has 0 aliphatic rings. The van der Waals surface area contributed by atoms with Crippen molar-refractivity contribution in [1.82, 2.24) is 10.3 Å². The molecule has 0 saturated heterocycles. The standard InChI is InChI=1S/C12H18N2O3/c1-9(5-4-8-15)14-11(16)10-6-3-7-13-12(10)17-2/h3,6-7,9,15H,4-5,8H2,1-2H3,(H,14,16). The van der Waals surface area contributed by atoms with Gasteiger partial charge in [-0.3, -0.25) is 4.79 Å². The van der Waals surface area contributed by atoms with Gasteiger partial charge in [0.05, 0.1) is 7.11 Å². The van der Waals surface area contributed by atoms with E-state index in [0.717, 1.165) is 6.42 Å². The van der Waals surface area contributed by atoms with Gasteiger partial charge in [0.2, 0.25) is 5.88 Å². The summed E-state index contributed by atoms with van der Waals surface area (Å²) in [6.45, 7) is 2.03. The highest BCUT2D eigenvalue weighted by Gasteiger charge is 2.14. The molecule has 2 N–H and O–H groups in total. The van der Waals surface area contributed by atoms with Crippen molar-refractivity contribution in [3.8, 4) is 5.88 Å². The Morgan fingerprint density at radius 2 is 2.41 bits per heavy atom. The van der Waals surface area contributed by atoms with Crippen LogP contribution in [-0.2, 0) is 0 Å². The van der Waals surface area contributed by atoms with Crippen LogP contribution in [0.5, 0.6) is 5.88 Å². The third kappa shape index (κ3) is 4.03. The molecule has 1 rings (SSSR count). The normalized spacial score (nSPS) is 11.9. The number of aliphatic hydroxyl groups is 1. The van der Waals surface area contributed by atoms with Gasteiger partial charge < -0.3 is 15.2 Å². The molecule has 0 aromatic carbocycles. The van der Waals surface area contributed by atoms with E-state index in [1.54, 1.807) is 18.3 Å². The summed E-state index contributed by atoms with van der Waals surface area (Å²) in [5.41, 5.74) is 0.422. The van der Waals surface area contributed by atoms with E-state index in [2.05, 4.69) is 10.3 Å². The highest BCUT2D eigenvalue weighted by atomic mass is 16.5. The van der Waals surface area contributed by atoms with Crippen molar-refractivity contribution in [3.63, 3.8) is 0 Å². The lowest BCUT2D eigenvalue weighted by molar-refractivity contribution is 0.0932. The Labute approximate surface area is 101 Å². The lowest BCUT2D eigenvalue weighted by atomic mass is 10.1. The van der Waals surface area contributed by atoms with E-state index in [0.29, 0.717) is 17.9 Å². The number of amides is 1. The second kappa shape index (κ2) is 6.85. The number of carbonyl (C=O) groups is 1. The van der Waals surface area contributed by atoms with E-state index in [1.165, 1.54) is 7.11 Å². The molecule has 0 spiro atoms. The number of nitrogens with zero attached hydrogens (tertiary/aromatic N) is 1. The number of hydrogen-bond acceptors (Lipinski definition) is 4. The van der Waals surface area contributed by atoms with Crippen LogP contribution in [0.25, 0.3) is 0 Å². The quantitative estimate of drug-likeness (QED) is 0.775. The lowest BCUT2D eigenvalue weighted by Gasteiger charge is -2.14. The first-order chi connectivity index (χ1) is 8.19. The largest absolute Gasteiger partial charge is 0.480 e. The van der Waals surface area contributed by atoms with E-state index in [1.807, 2.05) is 6.92 Å². The topological polar surface area (TPSA) is 71.5 Å². The van der Waals surface area contributed by atoms with Crippen LogP contribution in [0, 0.1) is 0 Å². The second-order valence-electron chi connectivity index (χ2n) is 3.80. The van der Waals surface area contributed by atoms with Crippen molar-refractivity contribution >= 4 is 5.91 Å². The van der Waals surface area contributed by atoms with Crippen LogP contribution in [0.2, 0.25) is 0 Å². The number of aromatic nitrogens is 1. The molecule has 0 aliphatic carbocycles. The molecule has 17 heavy (non-hydrogen) atoms. The maximum atomic E-state index is 11.9. The average Bonchev–Trinajstić information content (AvgIpc) is 2.36. The number of nitrogens with one attached hydrogen (secondary N) is 1. The molecule has 1 unspecified atom stereocenters. The minimum atomic E-state index is -0.208. The van der Waals surface area contributed by atoms with Gasteiger partial charge in [-0.2, -0.15) is 0 Å². The molecule has 1 heterocycles. The Balaban J connectivity index is 2.63. The first-order valence-corrected chi connectivity index (χ1v) is 5.59. The summed E-state index contributed by atoms with van der Waals surface area (Å²) in [5.74, 6) is 0.111. The lowest BCUT2D eigenvalue weighted by Crippen LogP contribution is -2.33. The summed E-state index contributed by atoms with van der Waals surface area (Å²) in [7, 11) is 1.48.